The molecule has 0 aromatic carbocycles. The van der Waals surface area contributed by atoms with Crippen LogP contribution in [0.25, 0.3) is 0 Å². The Bertz CT molecular complexity index is 113. The van der Waals surface area contributed by atoms with E-state index >= 15 is 0 Å². The van der Waals surface area contributed by atoms with Gasteiger partial charge in [-0.1, -0.05) is 45.4 Å². The first kappa shape index (κ1) is 13.6. The number of hydrogen-bond acceptors (Lipinski definition) is 2. The summed E-state index contributed by atoms with van der Waals surface area (Å²) in [5.74, 6) is 0. The first-order chi connectivity index (χ1) is 6.91. The fourth-order valence-electron chi connectivity index (χ4n) is 1.39. The zero-order valence-corrected chi connectivity index (χ0v) is 9.46. The van der Waals surface area contributed by atoms with Crippen molar-refractivity contribution in [2.75, 3.05) is 13.2 Å². The molecule has 0 saturated carbocycles. The lowest BCUT2D eigenvalue weighted by Gasteiger charge is -2.02. The van der Waals surface area contributed by atoms with Crippen molar-refractivity contribution < 1.29 is 9.53 Å². The molecule has 0 aromatic heterocycles. The van der Waals surface area contributed by atoms with Crippen LogP contribution in [0.5, 0.6) is 0 Å². The van der Waals surface area contributed by atoms with Gasteiger partial charge in [0.05, 0.1) is 6.61 Å². The fourth-order valence-corrected chi connectivity index (χ4v) is 1.39. The van der Waals surface area contributed by atoms with Gasteiger partial charge in [0.15, 0.2) is 0 Å². The van der Waals surface area contributed by atoms with Gasteiger partial charge in [-0.15, -0.1) is 0 Å². The Hall–Kier alpha value is -0.370. The molecule has 0 N–H and O–H groups in total. The third kappa shape index (κ3) is 11.6. The minimum absolute atomic E-state index is 0.538. The molecule has 0 aliphatic heterocycles. The second kappa shape index (κ2) is 12.6. The highest BCUT2D eigenvalue weighted by Gasteiger charge is 1.91. The normalized spacial score (nSPS) is 10.4. The number of hydrogen-bond donors (Lipinski definition) is 0. The molecule has 2 nitrogen and oxygen atoms in total. The quantitative estimate of drug-likeness (QED) is 0.377. The number of rotatable bonds is 11. The third-order valence-corrected chi connectivity index (χ3v) is 2.27. The number of ether oxygens (including phenoxy) is 1. The molecule has 0 unspecified atom stereocenters. The maximum Gasteiger partial charge on any atom is 0.122 e. The summed E-state index contributed by atoms with van der Waals surface area (Å²) in [4.78, 5) is 9.96. The highest BCUT2D eigenvalue weighted by molar-refractivity contribution is 5.49. The molecule has 0 atom stereocenters. The van der Waals surface area contributed by atoms with Crippen LogP contribution in [0.2, 0.25) is 0 Å². The maximum atomic E-state index is 9.96. The molecule has 0 rings (SSSR count). The van der Waals surface area contributed by atoms with Crippen LogP contribution in [0.4, 0.5) is 0 Å². The molecule has 0 amide bonds. The number of carbonyl (C=O) groups is 1. The summed E-state index contributed by atoms with van der Waals surface area (Å²) in [5, 5.41) is 0. The van der Waals surface area contributed by atoms with Crippen molar-refractivity contribution in [3.8, 4) is 0 Å². The average Bonchev–Trinajstić information content (AvgIpc) is 2.21. The van der Waals surface area contributed by atoms with Crippen LogP contribution in [0.1, 0.15) is 58.3 Å². The van der Waals surface area contributed by atoms with Crippen molar-refractivity contribution in [2.24, 2.45) is 0 Å². The molecule has 0 aliphatic rings. The Labute approximate surface area is 88.0 Å². The van der Waals surface area contributed by atoms with Gasteiger partial charge in [-0.2, -0.15) is 0 Å². The van der Waals surface area contributed by atoms with Gasteiger partial charge in [-0.3, -0.25) is 0 Å². The van der Waals surface area contributed by atoms with Crippen molar-refractivity contribution in [3.05, 3.63) is 0 Å². The molecule has 14 heavy (non-hydrogen) atoms. The van der Waals surface area contributed by atoms with E-state index in [4.69, 9.17) is 4.74 Å². The first-order valence-corrected chi connectivity index (χ1v) is 5.93. The van der Waals surface area contributed by atoms with Crippen LogP contribution >= 0.6 is 0 Å². The third-order valence-electron chi connectivity index (χ3n) is 2.27. The van der Waals surface area contributed by atoms with Crippen molar-refractivity contribution in [1.82, 2.24) is 0 Å². The molecule has 0 aliphatic carbocycles. The SMILES string of the molecule is CCCCCCCCCOCCC=O. The Balaban J connectivity index is 2.81. The van der Waals surface area contributed by atoms with Crippen LogP contribution in [-0.4, -0.2) is 19.5 Å². The molecule has 0 heterocycles. The number of unbranched alkanes of at least 4 members (excludes halogenated alkanes) is 6. The van der Waals surface area contributed by atoms with Gasteiger partial charge in [0.2, 0.25) is 0 Å². The molecule has 0 saturated heterocycles. The van der Waals surface area contributed by atoms with Crippen LogP contribution < -0.4 is 0 Å². The van der Waals surface area contributed by atoms with E-state index in [-0.39, 0.29) is 0 Å². The number of carbonyl (C=O) groups excluding carboxylic acids is 1. The molecule has 0 aromatic rings. The lowest BCUT2D eigenvalue weighted by molar-refractivity contribution is -0.108. The van der Waals surface area contributed by atoms with Gasteiger partial charge >= 0.3 is 0 Å². The largest absolute Gasteiger partial charge is 0.381 e. The average molecular weight is 200 g/mol. The predicted molar refractivity (Wildman–Crippen MR) is 59.5 cm³/mol. The zero-order chi connectivity index (χ0) is 10.5. The smallest absolute Gasteiger partial charge is 0.122 e. The van der Waals surface area contributed by atoms with E-state index in [1.807, 2.05) is 0 Å². The second-order valence-electron chi connectivity index (χ2n) is 3.69. The Morgan fingerprint density at radius 3 is 2.21 bits per heavy atom. The van der Waals surface area contributed by atoms with Gasteiger partial charge < -0.3 is 9.53 Å². The standard InChI is InChI=1S/C12H24O2/c1-2-3-4-5-6-7-8-11-14-12-9-10-13/h10H,2-9,11-12H2,1H3. The topological polar surface area (TPSA) is 26.3 Å². The summed E-state index contributed by atoms with van der Waals surface area (Å²) in [7, 11) is 0. The molecule has 0 spiro atoms. The van der Waals surface area contributed by atoms with Crippen molar-refractivity contribution in [1.29, 1.82) is 0 Å². The summed E-state index contributed by atoms with van der Waals surface area (Å²) in [6.07, 6.45) is 10.6. The minimum atomic E-state index is 0.538. The minimum Gasteiger partial charge on any atom is -0.381 e. The lowest BCUT2D eigenvalue weighted by Crippen LogP contribution is -1.97. The number of aldehydes is 1. The Morgan fingerprint density at radius 1 is 0.929 bits per heavy atom. The Kier molecular flexibility index (Phi) is 12.3. The summed E-state index contributed by atoms with van der Waals surface area (Å²) in [5.41, 5.74) is 0. The van der Waals surface area contributed by atoms with Crippen molar-refractivity contribution >= 4 is 6.29 Å². The molecule has 0 radical (unpaired) electrons. The van der Waals surface area contributed by atoms with Crippen molar-refractivity contribution in [3.63, 3.8) is 0 Å². The van der Waals surface area contributed by atoms with E-state index in [2.05, 4.69) is 6.92 Å². The second-order valence-corrected chi connectivity index (χ2v) is 3.69. The molecular weight excluding hydrogens is 176 g/mol. The van der Waals surface area contributed by atoms with E-state index in [9.17, 15) is 4.79 Å². The van der Waals surface area contributed by atoms with Gasteiger partial charge in [0.25, 0.3) is 0 Å². The van der Waals surface area contributed by atoms with Gasteiger partial charge in [0.1, 0.15) is 6.29 Å². The van der Waals surface area contributed by atoms with Crippen LogP contribution in [0, 0.1) is 0 Å². The first-order valence-electron chi connectivity index (χ1n) is 5.93. The Morgan fingerprint density at radius 2 is 1.57 bits per heavy atom. The van der Waals surface area contributed by atoms with Gasteiger partial charge in [0, 0.05) is 13.0 Å². The molecule has 2 heteroatoms. The van der Waals surface area contributed by atoms with Crippen LogP contribution in [0.15, 0.2) is 0 Å². The van der Waals surface area contributed by atoms with E-state index in [0.717, 1.165) is 19.3 Å². The van der Waals surface area contributed by atoms with Crippen molar-refractivity contribution in [2.45, 2.75) is 58.3 Å². The predicted octanol–water partition coefficient (Wildman–Crippen LogP) is 3.34. The fraction of sp³-hybridized carbons (Fsp3) is 0.917. The summed E-state index contributed by atoms with van der Waals surface area (Å²) in [6, 6.07) is 0. The summed E-state index contributed by atoms with van der Waals surface area (Å²) >= 11 is 0. The van der Waals surface area contributed by atoms with E-state index < -0.39 is 0 Å². The molecule has 84 valence electrons. The van der Waals surface area contributed by atoms with Gasteiger partial charge in [-0.05, 0) is 6.42 Å². The van der Waals surface area contributed by atoms with Crippen LogP contribution in [0.3, 0.4) is 0 Å². The zero-order valence-electron chi connectivity index (χ0n) is 9.46. The molecule has 0 bridgehead atoms. The van der Waals surface area contributed by atoms with E-state index in [1.165, 1.54) is 38.5 Å². The summed E-state index contributed by atoms with van der Waals surface area (Å²) in [6.45, 7) is 3.65. The van der Waals surface area contributed by atoms with E-state index in [0.29, 0.717) is 13.0 Å². The lowest BCUT2D eigenvalue weighted by atomic mass is 10.1. The van der Waals surface area contributed by atoms with E-state index in [1.54, 1.807) is 0 Å². The maximum absolute atomic E-state index is 9.96. The highest BCUT2D eigenvalue weighted by atomic mass is 16.5. The summed E-state index contributed by atoms with van der Waals surface area (Å²) < 4.78 is 5.27. The molecule has 0 fully saturated rings. The monoisotopic (exact) mass is 200 g/mol. The highest BCUT2D eigenvalue weighted by Crippen LogP contribution is 2.06. The molecular formula is C12H24O2. The van der Waals surface area contributed by atoms with Gasteiger partial charge in [-0.25, -0.2) is 0 Å². The van der Waals surface area contributed by atoms with Crippen LogP contribution in [-0.2, 0) is 9.53 Å².